The monoisotopic (exact) mass is 420 g/mol. The number of carbonyl (C=O) groups excluding carboxylic acids is 1. The second-order valence-electron chi connectivity index (χ2n) is 8.57. The number of piperidine rings is 1. The van der Waals surface area contributed by atoms with E-state index < -0.39 is 0 Å². The number of carbonyl (C=O) groups is 1. The molecule has 0 saturated carbocycles. The Bertz CT molecular complexity index is 1060. The number of benzene rings is 2. The fraction of sp³-hybridized carbons (Fsp3) is 0.400. The van der Waals surface area contributed by atoms with E-state index in [1.54, 1.807) is 13.2 Å². The van der Waals surface area contributed by atoms with Crippen LogP contribution in [0.1, 0.15) is 34.8 Å². The van der Waals surface area contributed by atoms with Gasteiger partial charge in [0.15, 0.2) is 0 Å². The molecule has 31 heavy (non-hydrogen) atoms. The summed E-state index contributed by atoms with van der Waals surface area (Å²) < 4.78 is 7.90. The number of rotatable bonds is 7. The van der Waals surface area contributed by atoms with Crippen molar-refractivity contribution in [2.75, 3.05) is 45.7 Å². The van der Waals surface area contributed by atoms with Crippen LogP contribution in [0.3, 0.4) is 0 Å². The lowest BCUT2D eigenvalue weighted by Crippen LogP contribution is -2.35. The number of likely N-dealkylation sites (tertiary alicyclic amines) is 1. The van der Waals surface area contributed by atoms with E-state index in [0.717, 1.165) is 55.5 Å². The highest BCUT2D eigenvalue weighted by atomic mass is 16.5. The molecular formula is C25H32N4O2. The van der Waals surface area contributed by atoms with E-state index in [9.17, 15) is 4.79 Å². The van der Waals surface area contributed by atoms with Gasteiger partial charge >= 0.3 is 0 Å². The molecule has 0 bridgehead atoms. The van der Waals surface area contributed by atoms with Crippen molar-refractivity contribution >= 4 is 22.5 Å². The van der Waals surface area contributed by atoms with E-state index in [2.05, 4.69) is 58.9 Å². The van der Waals surface area contributed by atoms with Gasteiger partial charge in [-0.15, -0.1) is 0 Å². The quantitative estimate of drug-likeness (QED) is 0.633. The smallest absolute Gasteiger partial charge is 0.248 e. The Hall–Kier alpha value is -2.99. The summed E-state index contributed by atoms with van der Waals surface area (Å²) >= 11 is 0. The number of hydrogen-bond donors (Lipinski definition) is 1. The second-order valence-corrected chi connectivity index (χ2v) is 8.57. The highest BCUT2D eigenvalue weighted by molar-refractivity contribution is 5.97. The Morgan fingerprint density at radius 3 is 2.58 bits per heavy atom. The summed E-state index contributed by atoms with van der Waals surface area (Å²) in [6.07, 6.45) is 5.32. The third-order valence-electron chi connectivity index (χ3n) is 6.44. The van der Waals surface area contributed by atoms with Crippen LogP contribution in [0.4, 0.5) is 5.69 Å². The van der Waals surface area contributed by atoms with Crippen molar-refractivity contribution in [1.82, 2.24) is 9.47 Å². The number of nitrogens with zero attached hydrogens (tertiary/aromatic N) is 3. The molecule has 6 heteroatoms. The van der Waals surface area contributed by atoms with Gasteiger partial charge in [-0.25, -0.2) is 0 Å². The zero-order valence-electron chi connectivity index (χ0n) is 18.7. The molecule has 164 valence electrons. The minimum Gasteiger partial charge on any atom is -0.496 e. The van der Waals surface area contributed by atoms with Crippen LogP contribution >= 0.6 is 0 Å². The number of ether oxygens (including phenoxy) is 1. The third kappa shape index (κ3) is 4.54. The summed E-state index contributed by atoms with van der Waals surface area (Å²) in [7, 11) is 5.87. The molecule has 0 aliphatic carbocycles. The fourth-order valence-corrected chi connectivity index (χ4v) is 4.56. The van der Waals surface area contributed by atoms with E-state index in [-0.39, 0.29) is 5.91 Å². The molecule has 2 aromatic carbocycles. The van der Waals surface area contributed by atoms with Crippen molar-refractivity contribution in [3.63, 3.8) is 0 Å². The summed E-state index contributed by atoms with van der Waals surface area (Å²) in [6, 6.07) is 14.7. The van der Waals surface area contributed by atoms with Gasteiger partial charge in [-0.2, -0.15) is 0 Å². The number of fused-ring (bicyclic) bond motifs is 1. The molecule has 0 spiro atoms. The Kier molecular flexibility index (Phi) is 6.18. The lowest BCUT2D eigenvalue weighted by Gasteiger charge is -2.33. The number of amides is 1. The third-order valence-corrected chi connectivity index (χ3v) is 6.44. The molecule has 2 heterocycles. The lowest BCUT2D eigenvalue weighted by atomic mass is 10.0. The number of nitrogens with two attached hydrogens (primary N) is 1. The van der Waals surface area contributed by atoms with Crippen LogP contribution < -0.4 is 15.4 Å². The molecular weight excluding hydrogens is 388 g/mol. The Morgan fingerprint density at radius 1 is 1.13 bits per heavy atom. The predicted octanol–water partition coefficient (Wildman–Crippen LogP) is 3.69. The number of hydrogen-bond acceptors (Lipinski definition) is 4. The first-order valence-corrected chi connectivity index (χ1v) is 10.9. The van der Waals surface area contributed by atoms with Crippen LogP contribution in [-0.4, -0.2) is 56.2 Å². The average molecular weight is 421 g/mol. The minimum absolute atomic E-state index is 0.377. The summed E-state index contributed by atoms with van der Waals surface area (Å²) in [6.45, 7) is 3.16. The topological polar surface area (TPSA) is 63.7 Å². The zero-order chi connectivity index (χ0) is 22.0. The first-order valence-electron chi connectivity index (χ1n) is 10.9. The van der Waals surface area contributed by atoms with E-state index in [1.807, 2.05) is 12.1 Å². The van der Waals surface area contributed by atoms with E-state index in [0.29, 0.717) is 11.6 Å². The molecule has 1 amide bonds. The van der Waals surface area contributed by atoms with Gasteiger partial charge in [0.1, 0.15) is 5.75 Å². The molecule has 0 unspecified atom stereocenters. The highest BCUT2D eigenvalue weighted by Crippen LogP contribution is 2.29. The van der Waals surface area contributed by atoms with Gasteiger partial charge in [-0.1, -0.05) is 6.07 Å². The first-order chi connectivity index (χ1) is 15.0. The number of primary amides is 1. The molecule has 4 rings (SSSR count). The second kappa shape index (κ2) is 9.02. The predicted molar refractivity (Wildman–Crippen MR) is 126 cm³/mol. The van der Waals surface area contributed by atoms with E-state index in [4.69, 9.17) is 10.5 Å². The van der Waals surface area contributed by atoms with Crippen LogP contribution in [0.25, 0.3) is 10.9 Å². The minimum atomic E-state index is -0.377. The van der Waals surface area contributed by atoms with Crippen LogP contribution in [-0.2, 0) is 6.42 Å². The molecule has 1 aliphatic heterocycles. The van der Waals surface area contributed by atoms with Gasteiger partial charge in [0.05, 0.1) is 7.11 Å². The molecule has 6 nitrogen and oxygen atoms in total. The number of anilines is 1. The first kappa shape index (κ1) is 21.2. The van der Waals surface area contributed by atoms with Crippen LogP contribution in [0.15, 0.2) is 48.7 Å². The fourth-order valence-electron chi connectivity index (χ4n) is 4.56. The van der Waals surface area contributed by atoms with E-state index in [1.165, 1.54) is 11.3 Å². The maximum absolute atomic E-state index is 11.6. The molecule has 0 radical (unpaired) electrons. The van der Waals surface area contributed by atoms with Crippen molar-refractivity contribution in [3.8, 4) is 5.75 Å². The van der Waals surface area contributed by atoms with Gasteiger partial charge < -0.3 is 24.8 Å². The molecule has 1 aliphatic rings. The molecule has 1 fully saturated rings. The Balaban J connectivity index is 1.40. The lowest BCUT2D eigenvalue weighted by molar-refractivity contribution is 0.100. The number of methoxy groups -OCH3 is 1. The summed E-state index contributed by atoms with van der Waals surface area (Å²) in [5.74, 6) is 0.586. The van der Waals surface area contributed by atoms with Gasteiger partial charge in [0.25, 0.3) is 0 Å². The molecule has 2 N–H and O–H groups in total. The summed E-state index contributed by atoms with van der Waals surface area (Å²) in [4.78, 5) is 16.2. The normalized spacial score (nSPS) is 15.3. The van der Waals surface area contributed by atoms with Crippen molar-refractivity contribution in [3.05, 3.63) is 59.8 Å². The van der Waals surface area contributed by atoms with Gasteiger partial charge in [0.2, 0.25) is 5.91 Å². The van der Waals surface area contributed by atoms with Crippen molar-refractivity contribution < 1.29 is 9.53 Å². The number of aromatic nitrogens is 1. The Labute approximate surface area is 184 Å². The van der Waals surface area contributed by atoms with E-state index >= 15 is 0 Å². The van der Waals surface area contributed by atoms with Crippen LogP contribution in [0.2, 0.25) is 0 Å². The standard InChI is InChI=1S/C25H32N4O2/c1-27(2)22-6-7-24(31-3)19(16-22)8-12-28-13-10-21(11-14-28)29-15-9-18-4-5-20(25(26)30)17-23(18)29/h4-7,9,15-17,21H,8,10-14H2,1-3H3,(H2,26,30). The van der Waals surface area contributed by atoms with Crippen LogP contribution in [0.5, 0.6) is 5.75 Å². The SMILES string of the molecule is COc1ccc(N(C)C)cc1CCN1CCC(n2ccc3ccc(C(N)=O)cc32)CC1. The maximum Gasteiger partial charge on any atom is 0.248 e. The van der Waals surface area contributed by atoms with Gasteiger partial charge in [-0.3, -0.25) is 4.79 Å². The largest absolute Gasteiger partial charge is 0.496 e. The molecule has 1 saturated heterocycles. The van der Waals surface area contributed by atoms with Crippen molar-refractivity contribution in [2.45, 2.75) is 25.3 Å². The highest BCUT2D eigenvalue weighted by Gasteiger charge is 2.22. The van der Waals surface area contributed by atoms with Gasteiger partial charge in [0, 0.05) is 62.7 Å². The molecule has 3 aromatic rings. The zero-order valence-corrected chi connectivity index (χ0v) is 18.7. The average Bonchev–Trinajstić information content (AvgIpc) is 3.21. The van der Waals surface area contributed by atoms with Gasteiger partial charge in [-0.05, 0) is 66.6 Å². The van der Waals surface area contributed by atoms with Crippen molar-refractivity contribution in [2.24, 2.45) is 5.73 Å². The maximum atomic E-state index is 11.6. The summed E-state index contributed by atoms with van der Waals surface area (Å²) in [5, 5.41) is 1.15. The molecule has 1 aromatic heterocycles. The summed E-state index contributed by atoms with van der Waals surface area (Å²) in [5.41, 5.74) is 9.60. The van der Waals surface area contributed by atoms with Crippen molar-refractivity contribution in [1.29, 1.82) is 0 Å². The molecule has 0 atom stereocenters. The Morgan fingerprint density at radius 2 is 1.90 bits per heavy atom. The van der Waals surface area contributed by atoms with Crippen LogP contribution in [0, 0.1) is 0 Å².